The molecule has 4 heteroatoms. The van der Waals surface area contributed by atoms with Crippen LogP contribution in [-0.4, -0.2) is 35.3 Å². The molecule has 0 spiro atoms. The van der Waals surface area contributed by atoms with E-state index in [1.165, 1.54) is 77.0 Å². The lowest BCUT2D eigenvalue weighted by Gasteiger charge is -2.46. The van der Waals surface area contributed by atoms with Gasteiger partial charge < -0.3 is 0 Å². The van der Waals surface area contributed by atoms with Gasteiger partial charge in [-0.3, -0.25) is 19.8 Å². The third-order valence-electron chi connectivity index (χ3n) is 7.03. The van der Waals surface area contributed by atoms with Crippen molar-refractivity contribution >= 4 is 11.8 Å². The first kappa shape index (κ1) is 26.1. The molecule has 1 rings (SSSR count). The molecule has 0 aromatic heterocycles. The number of amides is 2. The average Bonchev–Trinajstić information content (AvgIpc) is 3.06. The van der Waals surface area contributed by atoms with Gasteiger partial charge in [0.05, 0.1) is 5.92 Å². The van der Waals surface area contributed by atoms with Gasteiger partial charge in [-0.1, -0.05) is 91.9 Å². The van der Waals surface area contributed by atoms with E-state index in [-0.39, 0.29) is 23.3 Å². The van der Waals surface area contributed by atoms with E-state index in [1.54, 1.807) is 0 Å². The number of carbonyl (C=O) groups excluding carboxylic acids is 2. The molecule has 29 heavy (non-hydrogen) atoms. The molecule has 0 aliphatic carbocycles. The topological polar surface area (TPSA) is 49.4 Å². The standard InChI is InChI=1S/C25H48N2O2/c1-5-9-11-13-15-17-19-27(20-18-16-14-12-10-6-2)25(7-3,8-4)22-21-23(28)26-24(22)29/h22H,5-21H2,1-4H3,(H,26,28,29). The maximum atomic E-state index is 12.6. The summed E-state index contributed by atoms with van der Waals surface area (Å²) in [6.45, 7) is 11.0. The zero-order valence-electron chi connectivity index (χ0n) is 19.9. The highest BCUT2D eigenvalue weighted by Crippen LogP contribution is 2.37. The molecule has 2 amide bonds. The van der Waals surface area contributed by atoms with Crippen molar-refractivity contribution < 1.29 is 9.59 Å². The van der Waals surface area contributed by atoms with Crippen LogP contribution in [0.15, 0.2) is 0 Å². The number of carbonyl (C=O) groups is 2. The summed E-state index contributed by atoms with van der Waals surface area (Å²) in [6.07, 6.45) is 17.7. The van der Waals surface area contributed by atoms with Crippen LogP contribution in [-0.2, 0) is 9.59 Å². The van der Waals surface area contributed by atoms with E-state index < -0.39 is 0 Å². The third-order valence-corrected chi connectivity index (χ3v) is 7.03. The maximum Gasteiger partial charge on any atom is 0.232 e. The van der Waals surface area contributed by atoms with E-state index in [9.17, 15) is 9.59 Å². The molecule has 0 bridgehead atoms. The van der Waals surface area contributed by atoms with Gasteiger partial charge in [-0.05, 0) is 38.8 Å². The first-order chi connectivity index (χ1) is 14.1. The zero-order chi connectivity index (χ0) is 21.5. The monoisotopic (exact) mass is 408 g/mol. The lowest BCUT2D eigenvalue weighted by molar-refractivity contribution is -0.129. The maximum absolute atomic E-state index is 12.6. The second kappa shape index (κ2) is 15.0. The van der Waals surface area contributed by atoms with E-state index >= 15 is 0 Å². The minimum atomic E-state index is -0.190. The minimum absolute atomic E-state index is 0.0467. The molecule has 0 saturated carbocycles. The number of nitrogens with one attached hydrogen (secondary N) is 1. The molecule has 1 heterocycles. The second-order valence-corrected chi connectivity index (χ2v) is 9.00. The summed E-state index contributed by atoms with van der Waals surface area (Å²) in [6, 6.07) is 0. The zero-order valence-corrected chi connectivity index (χ0v) is 19.9. The minimum Gasteiger partial charge on any atom is -0.297 e. The molecule has 1 aliphatic heterocycles. The predicted octanol–water partition coefficient (Wildman–Crippen LogP) is 6.23. The summed E-state index contributed by atoms with van der Waals surface area (Å²) in [5, 5.41) is 2.57. The fraction of sp³-hybridized carbons (Fsp3) is 0.920. The third kappa shape index (κ3) is 8.39. The van der Waals surface area contributed by atoms with Crippen molar-refractivity contribution in [2.75, 3.05) is 13.1 Å². The van der Waals surface area contributed by atoms with Gasteiger partial charge in [-0.25, -0.2) is 0 Å². The number of unbranched alkanes of at least 4 members (excludes halogenated alkanes) is 10. The molecular weight excluding hydrogens is 360 g/mol. The van der Waals surface area contributed by atoms with Crippen molar-refractivity contribution in [2.45, 2.75) is 130 Å². The Bertz CT molecular complexity index is 444. The Morgan fingerprint density at radius 3 is 1.59 bits per heavy atom. The quantitative estimate of drug-likeness (QED) is 0.216. The van der Waals surface area contributed by atoms with Crippen molar-refractivity contribution in [2.24, 2.45) is 5.92 Å². The Morgan fingerprint density at radius 2 is 1.21 bits per heavy atom. The molecule has 4 nitrogen and oxygen atoms in total. The molecule has 1 unspecified atom stereocenters. The molecule has 1 N–H and O–H groups in total. The van der Waals surface area contributed by atoms with Crippen LogP contribution >= 0.6 is 0 Å². The Labute approximate surface area is 180 Å². The summed E-state index contributed by atoms with van der Waals surface area (Å²) in [5.41, 5.74) is -0.177. The largest absolute Gasteiger partial charge is 0.297 e. The predicted molar refractivity (Wildman–Crippen MR) is 123 cm³/mol. The number of hydrogen-bond donors (Lipinski definition) is 1. The van der Waals surface area contributed by atoms with E-state index in [2.05, 4.69) is 37.9 Å². The van der Waals surface area contributed by atoms with Crippen LogP contribution in [0.1, 0.15) is 124 Å². The molecule has 0 aromatic rings. The fourth-order valence-electron chi connectivity index (χ4n) is 5.12. The van der Waals surface area contributed by atoms with Gasteiger partial charge in [0.2, 0.25) is 11.8 Å². The Morgan fingerprint density at radius 1 is 0.759 bits per heavy atom. The summed E-state index contributed by atoms with van der Waals surface area (Å²) < 4.78 is 0. The van der Waals surface area contributed by atoms with Crippen LogP contribution in [0, 0.1) is 5.92 Å². The highest BCUT2D eigenvalue weighted by Gasteiger charge is 2.48. The van der Waals surface area contributed by atoms with Gasteiger partial charge in [0.1, 0.15) is 0 Å². The van der Waals surface area contributed by atoms with E-state index in [0.29, 0.717) is 6.42 Å². The van der Waals surface area contributed by atoms with Crippen molar-refractivity contribution in [3.05, 3.63) is 0 Å². The van der Waals surface area contributed by atoms with Crippen LogP contribution in [0.2, 0.25) is 0 Å². The van der Waals surface area contributed by atoms with Crippen LogP contribution in [0.25, 0.3) is 0 Å². The normalized spacial score (nSPS) is 17.3. The lowest BCUT2D eigenvalue weighted by Crippen LogP contribution is -2.55. The Hall–Kier alpha value is -0.900. The smallest absolute Gasteiger partial charge is 0.232 e. The summed E-state index contributed by atoms with van der Waals surface area (Å²) in [7, 11) is 0. The first-order valence-electron chi connectivity index (χ1n) is 12.6. The van der Waals surface area contributed by atoms with Crippen LogP contribution in [0.3, 0.4) is 0 Å². The molecule has 170 valence electrons. The van der Waals surface area contributed by atoms with Crippen LogP contribution in [0.5, 0.6) is 0 Å². The average molecular weight is 409 g/mol. The van der Waals surface area contributed by atoms with Gasteiger partial charge in [-0.15, -0.1) is 0 Å². The van der Waals surface area contributed by atoms with Gasteiger partial charge >= 0.3 is 0 Å². The SMILES string of the molecule is CCCCCCCCN(CCCCCCCC)C(CC)(CC)C1CC(=O)NC1=O. The van der Waals surface area contributed by atoms with Crippen molar-refractivity contribution in [3.63, 3.8) is 0 Å². The lowest BCUT2D eigenvalue weighted by atomic mass is 9.76. The summed E-state index contributed by atoms with van der Waals surface area (Å²) >= 11 is 0. The number of rotatable bonds is 18. The first-order valence-corrected chi connectivity index (χ1v) is 12.6. The van der Waals surface area contributed by atoms with Gasteiger partial charge in [0.25, 0.3) is 0 Å². The Kier molecular flexibility index (Phi) is 13.5. The van der Waals surface area contributed by atoms with Gasteiger partial charge in [0, 0.05) is 12.0 Å². The highest BCUT2D eigenvalue weighted by molar-refractivity contribution is 6.04. The molecule has 0 aromatic carbocycles. The number of imide groups is 1. The second-order valence-electron chi connectivity index (χ2n) is 9.00. The molecule has 1 fully saturated rings. The van der Waals surface area contributed by atoms with Crippen LogP contribution in [0.4, 0.5) is 0 Å². The van der Waals surface area contributed by atoms with Crippen molar-refractivity contribution in [1.82, 2.24) is 10.2 Å². The van der Waals surface area contributed by atoms with Gasteiger partial charge in [0.15, 0.2) is 0 Å². The number of nitrogens with zero attached hydrogens (tertiary/aromatic N) is 1. The van der Waals surface area contributed by atoms with Crippen molar-refractivity contribution in [3.8, 4) is 0 Å². The summed E-state index contributed by atoms with van der Waals surface area (Å²) in [5.74, 6) is -0.329. The summed E-state index contributed by atoms with van der Waals surface area (Å²) in [4.78, 5) is 27.1. The van der Waals surface area contributed by atoms with E-state index in [0.717, 1.165) is 25.9 Å². The fourth-order valence-corrected chi connectivity index (χ4v) is 5.12. The molecule has 1 aliphatic rings. The van der Waals surface area contributed by atoms with E-state index in [4.69, 9.17) is 0 Å². The highest BCUT2D eigenvalue weighted by atomic mass is 16.2. The molecule has 1 saturated heterocycles. The van der Waals surface area contributed by atoms with Crippen LogP contribution < -0.4 is 5.32 Å². The van der Waals surface area contributed by atoms with Gasteiger partial charge in [-0.2, -0.15) is 0 Å². The molecule has 1 atom stereocenters. The molecular formula is C25H48N2O2. The Balaban J connectivity index is 2.75. The van der Waals surface area contributed by atoms with Crippen molar-refractivity contribution in [1.29, 1.82) is 0 Å². The number of hydrogen-bond acceptors (Lipinski definition) is 3. The molecule has 0 radical (unpaired) electrons. The van der Waals surface area contributed by atoms with E-state index in [1.807, 2.05) is 0 Å².